The van der Waals surface area contributed by atoms with E-state index in [1.165, 1.54) is 0 Å². The molecule has 88 valence electrons. The van der Waals surface area contributed by atoms with Gasteiger partial charge in [-0.3, -0.25) is 5.73 Å². The topological polar surface area (TPSA) is 135 Å². The summed E-state index contributed by atoms with van der Waals surface area (Å²) in [6.45, 7) is 1.47. The normalized spacial score (nSPS) is 15.6. The second-order valence-corrected chi connectivity index (χ2v) is 3.76. The Labute approximate surface area is 92.0 Å². The molecule has 0 saturated carbocycles. The van der Waals surface area contributed by atoms with Crippen LogP contribution in [0, 0.1) is 10.4 Å². The molecule has 0 amide bonds. The number of hydrogen-bond donors (Lipinski definition) is 3. The van der Waals surface area contributed by atoms with Crippen LogP contribution in [-0.4, -0.2) is 13.1 Å². The first-order valence-corrected chi connectivity index (χ1v) is 4.98. The molecular weight excluding hydrogens is 212 g/mol. The van der Waals surface area contributed by atoms with Gasteiger partial charge in [-0.05, 0) is 12.8 Å². The molecule has 1 aromatic heterocycles. The van der Waals surface area contributed by atoms with Crippen molar-refractivity contribution in [3.05, 3.63) is 10.4 Å². The molecule has 0 unspecified atom stereocenters. The summed E-state index contributed by atoms with van der Waals surface area (Å²) in [5.74, 6) is -0.800. The molecule has 16 heavy (non-hydrogen) atoms. The standard InChI is InChI=1S/C8H14N6O2/c9-6-5(12-3-1-2-4-12)7(10)14(16)8(11)13(6)15/h1-4,9-11H2. The third-order valence-electron chi connectivity index (χ3n) is 2.76. The van der Waals surface area contributed by atoms with Crippen LogP contribution in [0.25, 0.3) is 0 Å². The van der Waals surface area contributed by atoms with E-state index in [1.54, 1.807) is 0 Å². The highest BCUT2D eigenvalue weighted by Crippen LogP contribution is 2.28. The van der Waals surface area contributed by atoms with E-state index in [0.717, 1.165) is 25.9 Å². The van der Waals surface area contributed by atoms with Crippen LogP contribution in [0.3, 0.4) is 0 Å². The number of nitrogen functional groups attached to an aromatic ring is 3. The van der Waals surface area contributed by atoms with E-state index in [2.05, 4.69) is 0 Å². The average molecular weight is 226 g/mol. The molecule has 1 aliphatic rings. The Bertz CT molecular complexity index is 400. The fraction of sp³-hybridized carbons (Fsp3) is 0.500. The average Bonchev–Trinajstić information content (AvgIpc) is 2.77. The van der Waals surface area contributed by atoms with Crippen LogP contribution < -0.4 is 31.6 Å². The Morgan fingerprint density at radius 1 is 0.938 bits per heavy atom. The Morgan fingerprint density at radius 2 is 1.38 bits per heavy atom. The van der Waals surface area contributed by atoms with Gasteiger partial charge in [0.15, 0.2) is 5.69 Å². The minimum atomic E-state index is -0.557. The van der Waals surface area contributed by atoms with Crippen molar-refractivity contribution in [3.63, 3.8) is 0 Å². The first kappa shape index (κ1) is 10.4. The van der Waals surface area contributed by atoms with Gasteiger partial charge in [-0.1, -0.05) is 0 Å². The zero-order chi connectivity index (χ0) is 11.9. The number of rotatable bonds is 1. The van der Waals surface area contributed by atoms with Crippen LogP contribution in [-0.2, 0) is 0 Å². The van der Waals surface area contributed by atoms with Gasteiger partial charge in [-0.2, -0.15) is 9.46 Å². The van der Waals surface area contributed by atoms with Crippen LogP contribution in [0.5, 0.6) is 0 Å². The summed E-state index contributed by atoms with van der Waals surface area (Å²) in [5.41, 5.74) is 16.8. The third-order valence-corrected chi connectivity index (χ3v) is 2.76. The minimum Gasteiger partial charge on any atom is -0.706 e. The first-order chi connectivity index (χ1) is 7.54. The van der Waals surface area contributed by atoms with E-state index in [4.69, 9.17) is 17.2 Å². The maximum Gasteiger partial charge on any atom is 0.451 e. The summed E-state index contributed by atoms with van der Waals surface area (Å²) in [6, 6.07) is 0. The third kappa shape index (κ3) is 1.30. The minimum absolute atomic E-state index is 0.121. The van der Waals surface area contributed by atoms with Crippen molar-refractivity contribution in [1.29, 1.82) is 0 Å². The first-order valence-electron chi connectivity index (χ1n) is 4.98. The van der Waals surface area contributed by atoms with Crippen molar-refractivity contribution >= 4 is 23.3 Å². The van der Waals surface area contributed by atoms with Crippen molar-refractivity contribution in [3.8, 4) is 0 Å². The van der Waals surface area contributed by atoms with Gasteiger partial charge < -0.3 is 21.0 Å². The van der Waals surface area contributed by atoms with Gasteiger partial charge in [0.25, 0.3) is 0 Å². The second kappa shape index (κ2) is 3.47. The van der Waals surface area contributed by atoms with Crippen molar-refractivity contribution in [2.45, 2.75) is 12.8 Å². The quantitative estimate of drug-likeness (QED) is 0.386. The van der Waals surface area contributed by atoms with Gasteiger partial charge in [0, 0.05) is 13.1 Å². The predicted molar refractivity (Wildman–Crippen MR) is 59.0 cm³/mol. The Morgan fingerprint density at radius 3 is 1.81 bits per heavy atom. The lowest BCUT2D eigenvalue weighted by molar-refractivity contribution is -0.701. The van der Waals surface area contributed by atoms with Gasteiger partial charge in [0.1, 0.15) is 0 Å². The maximum atomic E-state index is 11.5. The number of aromatic nitrogens is 2. The van der Waals surface area contributed by atoms with Gasteiger partial charge in [-0.25, -0.2) is 5.73 Å². The number of hydrogen-bond acceptors (Lipinski definition) is 6. The van der Waals surface area contributed by atoms with Crippen LogP contribution in [0.15, 0.2) is 0 Å². The van der Waals surface area contributed by atoms with E-state index in [0.29, 0.717) is 0 Å². The van der Waals surface area contributed by atoms with E-state index < -0.39 is 5.95 Å². The zero-order valence-corrected chi connectivity index (χ0v) is 8.72. The number of anilines is 4. The molecule has 0 aliphatic carbocycles. The summed E-state index contributed by atoms with van der Waals surface area (Å²) in [4.78, 5) is 1.83. The molecule has 0 radical (unpaired) electrons. The molecule has 8 nitrogen and oxygen atoms in total. The summed E-state index contributed by atoms with van der Waals surface area (Å²) in [7, 11) is 0. The highest BCUT2D eigenvalue weighted by molar-refractivity contribution is 5.72. The van der Waals surface area contributed by atoms with Crippen molar-refractivity contribution < 1.29 is 9.46 Å². The summed E-state index contributed by atoms with van der Waals surface area (Å²) >= 11 is 0. The van der Waals surface area contributed by atoms with Crippen molar-refractivity contribution in [1.82, 2.24) is 0 Å². The Balaban J connectivity index is 2.59. The Hall–Kier alpha value is -2.12. The molecule has 1 aliphatic heterocycles. The fourth-order valence-corrected chi connectivity index (χ4v) is 1.92. The molecule has 2 heterocycles. The summed E-state index contributed by atoms with van der Waals surface area (Å²) in [6.07, 6.45) is 1.97. The van der Waals surface area contributed by atoms with E-state index in [1.807, 2.05) is 4.90 Å². The van der Waals surface area contributed by atoms with Crippen LogP contribution >= 0.6 is 0 Å². The number of nitrogens with zero attached hydrogens (tertiary/aromatic N) is 3. The lowest BCUT2D eigenvalue weighted by Crippen LogP contribution is -2.50. The summed E-state index contributed by atoms with van der Waals surface area (Å²) < 4.78 is 0.411. The molecule has 6 N–H and O–H groups in total. The van der Waals surface area contributed by atoms with Gasteiger partial charge in [0.2, 0.25) is 5.82 Å². The maximum absolute atomic E-state index is 11.5. The monoisotopic (exact) mass is 226 g/mol. The highest BCUT2D eigenvalue weighted by atomic mass is 16.5. The molecule has 1 saturated heterocycles. The lowest BCUT2D eigenvalue weighted by Gasteiger charge is -2.22. The van der Waals surface area contributed by atoms with Crippen LogP contribution in [0.2, 0.25) is 0 Å². The zero-order valence-electron chi connectivity index (χ0n) is 8.72. The summed E-state index contributed by atoms with van der Waals surface area (Å²) in [5, 5.41) is 23.0. The second-order valence-electron chi connectivity index (χ2n) is 3.76. The molecule has 8 heteroatoms. The van der Waals surface area contributed by atoms with Gasteiger partial charge in [-0.15, -0.1) is 0 Å². The highest BCUT2D eigenvalue weighted by Gasteiger charge is 2.28. The van der Waals surface area contributed by atoms with E-state index >= 15 is 0 Å². The molecule has 1 aromatic rings. The molecule has 0 spiro atoms. The predicted octanol–water partition coefficient (Wildman–Crippen LogP) is -1.70. The molecule has 0 bridgehead atoms. The van der Waals surface area contributed by atoms with Gasteiger partial charge >= 0.3 is 11.8 Å². The molecule has 2 rings (SSSR count). The van der Waals surface area contributed by atoms with Crippen LogP contribution in [0.4, 0.5) is 23.3 Å². The SMILES string of the molecule is Nc1c(N2CCCC2)c(N)[n+]([O-])c(N)[n+]1[O-]. The molecular formula is C8H14N6O2. The van der Waals surface area contributed by atoms with E-state index in [9.17, 15) is 10.4 Å². The molecule has 0 aromatic carbocycles. The van der Waals surface area contributed by atoms with Gasteiger partial charge in [0.05, 0.1) is 0 Å². The molecule has 1 fully saturated rings. The smallest absolute Gasteiger partial charge is 0.451 e. The molecule has 0 atom stereocenters. The number of nitrogens with two attached hydrogens (primary N) is 3. The fourth-order valence-electron chi connectivity index (χ4n) is 1.92. The van der Waals surface area contributed by atoms with Crippen molar-refractivity contribution in [2.24, 2.45) is 0 Å². The lowest BCUT2D eigenvalue weighted by atomic mass is 10.4. The largest absolute Gasteiger partial charge is 0.706 e. The van der Waals surface area contributed by atoms with Crippen molar-refractivity contribution in [2.75, 3.05) is 35.2 Å². The van der Waals surface area contributed by atoms with Crippen LogP contribution in [0.1, 0.15) is 12.8 Å². The van der Waals surface area contributed by atoms with E-state index in [-0.39, 0.29) is 26.8 Å². The Kier molecular flexibility index (Phi) is 2.26.